The summed E-state index contributed by atoms with van der Waals surface area (Å²) in [6.45, 7) is 2.48. The number of anilines is 1. The zero-order valence-corrected chi connectivity index (χ0v) is 15.7. The van der Waals surface area contributed by atoms with Crippen molar-refractivity contribution in [2.45, 2.75) is 13.3 Å². The topological polar surface area (TPSA) is 82.5 Å². The number of rotatable bonds is 6. The zero-order chi connectivity index (χ0) is 19.4. The largest absolute Gasteiger partial charge is 0.318 e. The van der Waals surface area contributed by atoms with Crippen LogP contribution in [-0.4, -0.2) is 46.0 Å². The number of nitrogens with one attached hydrogen (secondary N) is 2. The van der Waals surface area contributed by atoms with Gasteiger partial charge in [-0.05, 0) is 26.6 Å². The first-order chi connectivity index (χ1) is 13.0. The van der Waals surface area contributed by atoms with E-state index in [1.54, 1.807) is 12.3 Å². The van der Waals surface area contributed by atoms with Crippen molar-refractivity contribution in [3.63, 3.8) is 0 Å². The second kappa shape index (κ2) is 8.01. The Morgan fingerprint density at radius 1 is 1.30 bits per heavy atom. The second-order valence-electron chi connectivity index (χ2n) is 6.64. The number of aromatic nitrogens is 3. The molecule has 3 rings (SSSR count). The summed E-state index contributed by atoms with van der Waals surface area (Å²) >= 11 is 0. The van der Waals surface area contributed by atoms with Crippen molar-refractivity contribution in [1.82, 2.24) is 19.5 Å². The van der Waals surface area contributed by atoms with E-state index in [2.05, 4.69) is 15.4 Å². The normalized spacial score (nSPS) is 11.6. The van der Waals surface area contributed by atoms with E-state index in [-0.39, 0.29) is 11.5 Å². The molecule has 0 saturated heterocycles. The Morgan fingerprint density at radius 3 is 2.74 bits per heavy atom. The summed E-state index contributed by atoms with van der Waals surface area (Å²) in [6.07, 6.45) is 5.33. The zero-order valence-electron chi connectivity index (χ0n) is 15.7. The third kappa shape index (κ3) is 4.32. The summed E-state index contributed by atoms with van der Waals surface area (Å²) in [4.78, 5) is 31.4. The number of hydrogen-bond acceptors (Lipinski definition) is 4. The number of fused-ring (bicyclic) bond motifs is 1. The minimum Gasteiger partial charge on any atom is -0.318 e. The number of carbonyl (C=O) groups excluding carboxylic acids is 1. The van der Waals surface area contributed by atoms with Gasteiger partial charge in [-0.3, -0.25) is 14.7 Å². The van der Waals surface area contributed by atoms with E-state index in [9.17, 15) is 9.59 Å². The van der Waals surface area contributed by atoms with Gasteiger partial charge in [-0.2, -0.15) is 4.52 Å². The van der Waals surface area contributed by atoms with Gasteiger partial charge in [0.1, 0.15) is 5.69 Å². The highest BCUT2D eigenvalue weighted by molar-refractivity contribution is 6.01. The predicted molar refractivity (Wildman–Crippen MR) is 106 cm³/mol. The summed E-state index contributed by atoms with van der Waals surface area (Å²) < 4.78 is 1.37. The van der Waals surface area contributed by atoms with Gasteiger partial charge in [-0.1, -0.05) is 36.4 Å². The van der Waals surface area contributed by atoms with E-state index < -0.39 is 0 Å². The quantitative estimate of drug-likeness (QED) is 0.655. The molecular weight excluding hydrogens is 342 g/mol. The molecule has 2 N–H and O–H groups in total. The number of carbonyl (C=O) groups is 1. The van der Waals surface area contributed by atoms with Crippen molar-refractivity contribution in [2.75, 3.05) is 26.0 Å². The van der Waals surface area contributed by atoms with Gasteiger partial charge in [0.2, 0.25) is 5.91 Å². The van der Waals surface area contributed by atoms with Crippen LogP contribution in [0.2, 0.25) is 0 Å². The lowest BCUT2D eigenvalue weighted by Crippen LogP contribution is -2.22. The van der Waals surface area contributed by atoms with E-state index in [1.165, 1.54) is 10.6 Å². The maximum Gasteiger partial charge on any atom is 0.276 e. The Kier molecular flexibility index (Phi) is 5.52. The van der Waals surface area contributed by atoms with E-state index in [0.29, 0.717) is 35.6 Å². The van der Waals surface area contributed by atoms with Crippen LogP contribution < -0.4 is 10.9 Å². The van der Waals surface area contributed by atoms with Gasteiger partial charge >= 0.3 is 0 Å². The van der Waals surface area contributed by atoms with Gasteiger partial charge < -0.3 is 10.2 Å². The standard InChI is InChI=1S/C20H23N5O2/c1-14-16(12-15-8-5-4-6-9-15)20(27)25-19(22-14)17(13-21-25)23-18(26)10-7-11-24(2)3/h4-10,13,21H,11-12H2,1-3H3,(H,23,26)/b10-7+. The third-order valence-electron chi connectivity index (χ3n) is 4.18. The molecule has 7 nitrogen and oxygen atoms in total. The molecule has 0 fully saturated rings. The third-order valence-corrected chi connectivity index (χ3v) is 4.18. The van der Waals surface area contributed by atoms with Crippen molar-refractivity contribution in [3.8, 4) is 0 Å². The fraction of sp³-hybridized carbons (Fsp3) is 0.250. The van der Waals surface area contributed by atoms with Gasteiger partial charge in [0.25, 0.3) is 5.56 Å². The lowest BCUT2D eigenvalue weighted by atomic mass is 10.1. The van der Waals surface area contributed by atoms with Crippen LogP contribution in [0.4, 0.5) is 5.69 Å². The summed E-state index contributed by atoms with van der Waals surface area (Å²) in [5.74, 6) is -0.265. The van der Waals surface area contributed by atoms with E-state index >= 15 is 0 Å². The SMILES string of the molecule is Cc1nc2c(NC(=O)/C=C/CN(C)C)c[nH]n2c(=O)c1Cc1ccccc1. The summed E-state index contributed by atoms with van der Waals surface area (Å²) in [7, 11) is 3.85. The van der Waals surface area contributed by atoms with Crippen LogP contribution in [0.3, 0.4) is 0 Å². The van der Waals surface area contributed by atoms with E-state index in [1.807, 2.05) is 56.3 Å². The summed E-state index contributed by atoms with van der Waals surface area (Å²) in [6, 6.07) is 9.79. The summed E-state index contributed by atoms with van der Waals surface area (Å²) in [5, 5.41) is 5.65. The van der Waals surface area contributed by atoms with Gasteiger partial charge in [0.15, 0.2) is 5.65 Å². The summed E-state index contributed by atoms with van der Waals surface area (Å²) in [5.41, 5.74) is 3.05. The number of aromatic amines is 1. The fourth-order valence-corrected chi connectivity index (χ4v) is 2.80. The van der Waals surface area contributed by atoms with Crippen LogP contribution in [0, 0.1) is 6.92 Å². The first-order valence-electron chi connectivity index (χ1n) is 8.71. The van der Waals surface area contributed by atoms with Crippen molar-refractivity contribution in [3.05, 3.63) is 75.9 Å². The van der Waals surface area contributed by atoms with Gasteiger partial charge in [-0.15, -0.1) is 0 Å². The molecule has 0 atom stereocenters. The molecule has 0 spiro atoms. The van der Waals surface area contributed by atoms with Crippen molar-refractivity contribution in [2.24, 2.45) is 0 Å². The van der Waals surface area contributed by atoms with Gasteiger partial charge in [-0.25, -0.2) is 4.98 Å². The molecule has 0 radical (unpaired) electrons. The van der Waals surface area contributed by atoms with Crippen molar-refractivity contribution in [1.29, 1.82) is 0 Å². The number of hydrogen-bond donors (Lipinski definition) is 2. The molecule has 27 heavy (non-hydrogen) atoms. The van der Waals surface area contributed by atoms with Crippen molar-refractivity contribution < 1.29 is 4.79 Å². The molecular formula is C20H23N5O2. The van der Waals surface area contributed by atoms with Crippen LogP contribution in [0.1, 0.15) is 16.8 Å². The Hall–Kier alpha value is -3.19. The molecule has 0 aliphatic heterocycles. The minimum absolute atomic E-state index is 0.162. The second-order valence-corrected chi connectivity index (χ2v) is 6.64. The molecule has 0 aliphatic rings. The van der Waals surface area contributed by atoms with Crippen LogP contribution >= 0.6 is 0 Å². The van der Waals surface area contributed by atoms with E-state index in [4.69, 9.17) is 0 Å². The monoisotopic (exact) mass is 365 g/mol. The van der Waals surface area contributed by atoms with Crippen LogP contribution in [0.25, 0.3) is 5.65 Å². The lowest BCUT2D eigenvalue weighted by Gasteiger charge is -2.07. The minimum atomic E-state index is -0.265. The molecule has 3 aromatic rings. The average Bonchev–Trinajstić information content (AvgIpc) is 3.02. The van der Waals surface area contributed by atoms with Crippen LogP contribution in [0.15, 0.2) is 53.5 Å². The van der Waals surface area contributed by atoms with Crippen LogP contribution in [0.5, 0.6) is 0 Å². The number of likely N-dealkylation sites (N-methyl/N-ethyl adjacent to an activating group) is 1. The number of benzene rings is 1. The fourth-order valence-electron chi connectivity index (χ4n) is 2.80. The maximum absolute atomic E-state index is 12.9. The Bertz CT molecular complexity index is 1030. The molecule has 2 aromatic heterocycles. The Balaban J connectivity index is 1.88. The molecule has 0 bridgehead atoms. The highest BCUT2D eigenvalue weighted by atomic mass is 16.1. The van der Waals surface area contributed by atoms with E-state index in [0.717, 1.165) is 5.56 Å². The molecule has 0 unspecified atom stereocenters. The van der Waals surface area contributed by atoms with Gasteiger partial charge in [0.05, 0.1) is 0 Å². The predicted octanol–water partition coefficient (Wildman–Crippen LogP) is 1.98. The maximum atomic E-state index is 12.9. The lowest BCUT2D eigenvalue weighted by molar-refractivity contribution is -0.111. The van der Waals surface area contributed by atoms with Gasteiger partial charge in [0, 0.05) is 36.5 Å². The highest BCUT2D eigenvalue weighted by Crippen LogP contribution is 2.16. The molecule has 7 heteroatoms. The molecule has 0 aliphatic carbocycles. The molecule has 2 heterocycles. The first-order valence-corrected chi connectivity index (χ1v) is 8.71. The number of nitrogens with zero attached hydrogens (tertiary/aromatic N) is 3. The number of aryl methyl sites for hydroxylation is 1. The molecule has 0 saturated carbocycles. The smallest absolute Gasteiger partial charge is 0.276 e. The number of amides is 1. The van der Waals surface area contributed by atoms with Crippen molar-refractivity contribution >= 4 is 17.2 Å². The van der Waals surface area contributed by atoms with Crippen LogP contribution in [-0.2, 0) is 11.2 Å². The number of H-pyrrole nitrogens is 1. The molecule has 1 aromatic carbocycles. The molecule has 140 valence electrons. The first kappa shape index (κ1) is 18.6. The highest BCUT2D eigenvalue weighted by Gasteiger charge is 2.15. The Morgan fingerprint density at radius 2 is 2.04 bits per heavy atom. The average molecular weight is 365 g/mol. The Labute approximate surface area is 157 Å². The molecule has 1 amide bonds.